The molecule has 0 rings (SSSR count). The number of carbonyl (C=O) groups is 2. The molecule has 0 fully saturated rings. The highest BCUT2D eigenvalue weighted by atomic mass is 16.5. The zero-order chi connectivity index (χ0) is 15.0. The normalized spacial score (nSPS) is 14.0. The van der Waals surface area contributed by atoms with Crippen molar-refractivity contribution in [3.8, 4) is 0 Å². The van der Waals surface area contributed by atoms with Crippen LogP contribution >= 0.6 is 0 Å². The lowest BCUT2D eigenvalue weighted by Gasteiger charge is -2.23. The minimum absolute atomic E-state index is 0.0660. The highest BCUT2D eigenvalue weighted by Gasteiger charge is 2.23. The first kappa shape index (κ1) is 17.7. The Balaban J connectivity index is 4.18. The summed E-state index contributed by atoms with van der Waals surface area (Å²) in [6.45, 7) is 3.91. The number of carboxylic acids is 1. The number of ether oxygens (including phenoxy) is 1. The maximum absolute atomic E-state index is 11.7. The van der Waals surface area contributed by atoms with Crippen LogP contribution in [0.4, 0.5) is 4.79 Å². The van der Waals surface area contributed by atoms with Crippen molar-refractivity contribution in [2.75, 3.05) is 33.9 Å². The Morgan fingerprint density at radius 2 is 1.95 bits per heavy atom. The molecule has 3 N–H and O–H groups in total. The number of carboxylic acid groups (broad SMARTS) is 1. The van der Waals surface area contributed by atoms with Gasteiger partial charge in [-0.1, -0.05) is 13.8 Å². The molecule has 0 aliphatic heterocycles. The van der Waals surface area contributed by atoms with E-state index in [-0.39, 0.29) is 25.6 Å². The van der Waals surface area contributed by atoms with Gasteiger partial charge in [0.15, 0.2) is 0 Å². The number of carbonyl (C=O) groups excluding carboxylic acids is 1. The van der Waals surface area contributed by atoms with E-state index in [0.717, 1.165) is 0 Å². The summed E-state index contributed by atoms with van der Waals surface area (Å²) in [5.74, 6) is -1.62. The monoisotopic (exact) mass is 276 g/mol. The van der Waals surface area contributed by atoms with Crippen LogP contribution in [0.2, 0.25) is 0 Å². The van der Waals surface area contributed by atoms with E-state index < -0.39 is 24.0 Å². The average molecular weight is 276 g/mol. The summed E-state index contributed by atoms with van der Waals surface area (Å²) in [4.78, 5) is 24.0. The highest BCUT2D eigenvalue weighted by molar-refractivity contribution is 5.75. The Morgan fingerprint density at radius 3 is 2.37 bits per heavy atom. The SMILES string of the molecule is COCC(O)CN(C)C(=O)NCC(C(=O)O)C(C)C. The van der Waals surface area contributed by atoms with Gasteiger partial charge in [-0.25, -0.2) is 4.79 Å². The summed E-state index contributed by atoms with van der Waals surface area (Å²) in [6, 6.07) is -0.415. The third kappa shape index (κ3) is 6.97. The number of likely N-dealkylation sites (N-methyl/N-ethyl adjacent to an activating group) is 1. The Bertz CT molecular complexity index is 296. The number of hydrogen-bond acceptors (Lipinski definition) is 4. The lowest BCUT2D eigenvalue weighted by molar-refractivity contribution is -0.142. The van der Waals surface area contributed by atoms with Crippen LogP contribution in [0.1, 0.15) is 13.8 Å². The fourth-order valence-corrected chi connectivity index (χ4v) is 1.58. The van der Waals surface area contributed by atoms with Gasteiger partial charge in [0.05, 0.1) is 25.2 Å². The number of methoxy groups -OCH3 is 1. The molecule has 0 radical (unpaired) electrons. The lowest BCUT2D eigenvalue weighted by atomic mass is 9.96. The van der Waals surface area contributed by atoms with Gasteiger partial charge in [-0.15, -0.1) is 0 Å². The standard InChI is InChI=1S/C12H24N2O5/c1-8(2)10(11(16)17)5-13-12(18)14(3)6-9(15)7-19-4/h8-10,15H,5-7H2,1-4H3,(H,13,18)(H,16,17). The third-order valence-corrected chi connectivity index (χ3v) is 2.79. The van der Waals surface area contributed by atoms with E-state index in [1.165, 1.54) is 19.1 Å². The van der Waals surface area contributed by atoms with Crippen molar-refractivity contribution < 1.29 is 24.5 Å². The van der Waals surface area contributed by atoms with Gasteiger partial charge in [-0.05, 0) is 5.92 Å². The fraction of sp³-hybridized carbons (Fsp3) is 0.833. The van der Waals surface area contributed by atoms with Crippen LogP contribution in [0, 0.1) is 11.8 Å². The van der Waals surface area contributed by atoms with Gasteiger partial charge in [-0.2, -0.15) is 0 Å². The Labute approximate surface area is 113 Å². The van der Waals surface area contributed by atoms with E-state index in [1.807, 2.05) is 0 Å². The molecular weight excluding hydrogens is 252 g/mol. The molecule has 2 amide bonds. The maximum atomic E-state index is 11.7. The summed E-state index contributed by atoms with van der Waals surface area (Å²) >= 11 is 0. The van der Waals surface area contributed by atoms with Crippen LogP contribution in [-0.2, 0) is 9.53 Å². The predicted octanol–water partition coefficient (Wildman–Crippen LogP) is -0.00810. The first-order chi connectivity index (χ1) is 8.79. The molecular formula is C12H24N2O5. The Kier molecular flexibility index (Phi) is 8.09. The van der Waals surface area contributed by atoms with Crippen LogP contribution in [0.5, 0.6) is 0 Å². The number of hydrogen-bond donors (Lipinski definition) is 3. The summed E-state index contributed by atoms with van der Waals surface area (Å²) in [7, 11) is 2.99. The van der Waals surface area contributed by atoms with Gasteiger partial charge >= 0.3 is 12.0 Å². The first-order valence-corrected chi connectivity index (χ1v) is 6.18. The molecule has 0 spiro atoms. The van der Waals surface area contributed by atoms with E-state index in [0.29, 0.717) is 0 Å². The third-order valence-electron chi connectivity index (χ3n) is 2.79. The Morgan fingerprint density at radius 1 is 1.37 bits per heavy atom. The lowest BCUT2D eigenvalue weighted by Crippen LogP contribution is -2.45. The zero-order valence-corrected chi connectivity index (χ0v) is 11.9. The van der Waals surface area contributed by atoms with Crippen molar-refractivity contribution in [2.45, 2.75) is 20.0 Å². The topological polar surface area (TPSA) is 99.1 Å². The second kappa shape index (κ2) is 8.71. The quantitative estimate of drug-likeness (QED) is 0.579. The molecule has 0 saturated carbocycles. The van der Waals surface area contributed by atoms with Gasteiger partial charge in [0, 0.05) is 20.7 Å². The van der Waals surface area contributed by atoms with E-state index in [4.69, 9.17) is 9.84 Å². The van der Waals surface area contributed by atoms with Crippen LogP contribution in [0.15, 0.2) is 0 Å². The van der Waals surface area contributed by atoms with E-state index in [2.05, 4.69) is 5.32 Å². The van der Waals surface area contributed by atoms with Crippen molar-refractivity contribution in [1.29, 1.82) is 0 Å². The summed E-state index contributed by atoms with van der Waals surface area (Å²) in [5, 5.41) is 21.0. The molecule has 0 bridgehead atoms. The molecule has 2 atom stereocenters. The largest absolute Gasteiger partial charge is 0.481 e. The molecule has 0 saturated heterocycles. The summed E-state index contributed by atoms with van der Waals surface area (Å²) < 4.78 is 4.76. The minimum atomic E-state index is -0.933. The molecule has 0 aliphatic rings. The second-order valence-corrected chi connectivity index (χ2v) is 4.86. The highest BCUT2D eigenvalue weighted by Crippen LogP contribution is 2.09. The van der Waals surface area contributed by atoms with E-state index in [1.54, 1.807) is 13.8 Å². The van der Waals surface area contributed by atoms with Crippen molar-refractivity contribution in [3.05, 3.63) is 0 Å². The van der Waals surface area contributed by atoms with Gasteiger partial charge in [-0.3, -0.25) is 4.79 Å². The van der Waals surface area contributed by atoms with Crippen LogP contribution < -0.4 is 5.32 Å². The summed E-state index contributed by atoms with van der Waals surface area (Å²) in [5.41, 5.74) is 0. The van der Waals surface area contributed by atoms with Crippen molar-refractivity contribution in [2.24, 2.45) is 11.8 Å². The number of aliphatic hydroxyl groups is 1. The number of nitrogens with one attached hydrogen (secondary N) is 1. The number of aliphatic carboxylic acids is 1. The molecule has 7 nitrogen and oxygen atoms in total. The smallest absolute Gasteiger partial charge is 0.317 e. The van der Waals surface area contributed by atoms with Gasteiger partial charge in [0.25, 0.3) is 0 Å². The molecule has 0 heterocycles. The van der Waals surface area contributed by atoms with Crippen molar-refractivity contribution in [1.82, 2.24) is 10.2 Å². The maximum Gasteiger partial charge on any atom is 0.317 e. The number of amides is 2. The van der Waals surface area contributed by atoms with E-state index >= 15 is 0 Å². The van der Waals surface area contributed by atoms with Crippen LogP contribution in [-0.4, -0.2) is 67.1 Å². The zero-order valence-electron chi connectivity index (χ0n) is 11.9. The van der Waals surface area contributed by atoms with E-state index in [9.17, 15) is 14.7 Å². The molecule has 0 aromatic carbocycles. The average Bonchev–Trinajstić information content (AvgIpc) is 2.27. The van der Waals surface area contributed by atoms with Crippen molar-refractivity contribution >= 4 is 12.0 Å². The predicted molar refractivity (Wildman–Crippen MR) is 69.9 cm³/mol. The minimum Gasteiger partial charge on any atom is -0.481 e. The van der Waals surface area contributed by atoms with Crippen LogP contribution in [0.3, 0.4) is 0 Å². The molecule has 0 aromatic heterocycles. The molecule has 7 heteroatoms. The number of nitrogens with zero attached hydrogens (tertiary/aromatic N) is 1. The first-order valence-electron chi connectivity index (χ1n) is 6.18. The molecule has 0 aromatic rings. The molecule has 19 heavy (non-hydrogen) atoms. The molecule has 112 valence electrons. The fourth-order valence-electron chi connectivity index (χ4n) is 1.58. The van der Waals surface area contributed by atoms with Crippen LogP contribution in [0.25, 0.3) is 0 Å². The van der Waals surface area contributed by atoms with Crippen molar-refractivity contribution in [3.63, 3.8) is 0 Å². The number of rotatable bonds is 8. The Hall–Kier alpha value is -1.34. The van der Waals surface area contributed by atoms with Gasteiger partial charge in [0.2, 0.25) is 0 Å². The van der Waals surface area contributed by atoms with Gasteiger partial charge < -0.3 is 25.2 Å². The number of urea groups is 1. The molecule has 0 aliphatic carbocycles. The second-order valence-electron chi connectivity index (χ2n) is 4.86. The van der Waals surface area contributed by atoms with Gasteiger partial charge in [0.1, 0.15) is 0 Å². The summed E-state index contributed by atoms with van der Waals surface area (Å²) in [6.07, 6.45) is -0.763. The molecule has 2 unspecified atom stereocenters. The number of aliphatic hydroxyl groups excluding tert-OH is 1.